The summed E-state index contributed by atoms with van der Waals surface area (Å²) in [6.07, 6.45) is 2.81. The van der Waals surface area contributed by atoms with Gasteiger partial charge in [-0.15, -0.1) is 0 Å². The molecule has 2 heterocycles. The lowest BCUT2D eigenvalue weighted by atomic mass is 10.0. The van der Waals surface area contributed by atoms with Gasteiger partial charge >= 0.3 is 0 Å². The standard InChI is InChI=1S/C17H23N3O/c1-2-17(15-6-4-3-5-7-15)20-11-9-19(10-12-20)14-16-8-13-21-18-16/h3-8,13,17H,2,9-12,14H2,1H3/t17-/m1/s1. The summed E-state index contributed by atoms with van der Waals surface area (Å²) in [7, 11) is 0. The predicted octanol–water partition coefficient (Wildman–Crippen LogP) is 2.94. The predicted molar refractivity (Wildman–Crippen MR) is 82.8 cm³/mol. The van der Waals surface area contributed by atoms with E-state index in [2.05, 4.69) is 52.2 Å². The highest BCUT2D eigenvalue weighted by atomic mass is 16.5. The maximum absolute atomic E-state index is 4.90. The number of hydrogen-bond donors (Lipinski definition) is 0. The molecule has 3 rings (SSSR count). The van der Waals surface area contributed by atoms with Gasteiger partial charge in [-0.3, -0.25) is 9.80 Å². The van der Waals surface area contributed by atoms with E-state index in [4.69, 9.17) is 4.52 Å². The van der Waals surface area contributed by atoms with Crippen molar-refractivity contribution < 1.29 is 4.52 Å². The molecule has 0 aliphatic carbocycles. The summed E-state index contributed by atoms with van der Waals surface area (Å²) in [6.45, 7) is 7.59. The van der Waals surface area contributed by atoms with E-state index in [1.807, 2.05) is 6.07 Å². The number of benzene rings is 1. The minimum Gasteiger partial charge on any atom is -0.364 e. The van der Waals surface area contributed by atoms with Crippen LogP contribution in [0.15, 0.2) is 47.2 Å². The third-order valence-electron chi connectivity index (χ3n) is 4.30. The molecular weight excluding hydrogens is 262 g/mol. The molecule has 0 unspecified atom stereocenters. The van der Waals surface area contributed by atoms with E-state index in [1.165, 1.54) is 5.56 Å². The van der Waals surface area contributed by atoms with Gasteiger partial charge < -0.3 is 4.52 Å². The Morgan fingerprint density at radius 3 is 2.48 bits per heavy atom. The Morgan fingerprint density at radius 1 is 1.10 bits per heavy atom. The molecule has 0 radical (unpaired) electrons. The van der Waals surface area contributed by atoms with Crippen molar-refractivity contribution in [2.24, 2.45) is 0 Å². The molecule has 1 aliphatic heterocycles. The Labute approximate surface area is 126 Å². The van der Waals surface area contributed by atoms with Gasteiger partial charge in [-0.2, -0.15) is 0 Å². The molecule has 1 aliphatic rings. The van der Waals surface area contributed by atoms with Crippen LogP contribution in [0.5, 0.6) is 0 Å². The first-order valence-electron chi connectivity index (χ1n) is 7.77. The van der Waals surface area contributed by atoms with Crippen molar-refractivity contribution in [1.82, 2.24) is 15.0 Å². The van der Waals surface area contributed by atoms with E-state index in [-0.39, 0.29) is 0 Å². The van der Waals surface area contributed by atoms with Crippen molar-refractivity contribution in [3.63, 3.8) is 0 Å². The van der Waals surface area contributed by atoms with Crippen LogP contribution in [0.3, 0.4) is 0 Å². The zero-order valence-electron chi connectivity index (χ0n) is 12.6. The van der Waals surface area contributed by atoms with Gasteiger partial charge in [-0.1, -0.05) is 42.4 Å². The third kappa shape index (κ3) is 3.52. The fourth-order valence-corrected chi connectivity index (χ4v) is 3.16. The fourth-order valence-electron chi connectivity index (χ4n) is 3.16. The smallest absolute Gasteiger partial charge is 0.124 e. The summed E-state index contributed by atoms with van der Waals surface area (Å²) in [5.74, 6) is 0. The maximum Gasteiger partial charge on any atom is 0.124 e. The van der Waals surface area contributed by atoms with Crippen molar-refractivity contribution in [1.29, 1.82) is 0 Å². The molecule has 0 bridgehead atoms. The maximum atomic E-state index is 4.90. The van der Waals surface area contributed by atoms with Crippen LogP contribution in [0.25, 0.3) is 0 Å². The van der Waals surface area contributed by atoms with Crippen LogP contribution in [-0.4, -0.2) is 41.1 Å². The van der Waals surface area contributed by atoms with Crippen molar-refractivity contribution in [3.8, 4) is 0 Å². The Morgan fingerprint density at radius 2 is 1.86 bits per heavy atom. The Bertz CT molecular complexity index is 518. The van der Waals surface area contributed by atoms with Crippen LogP contribution in [0.1, 0.15) is 30.6 Å². The zero-order valence-corrected chi connectivity index (χ0v) is 12.6. The van der Waals surface area contributed by atoms with Gasteiger partial charge in [0.05, 0.1) is 5.69 Å². The number of rotatable bonds is 5. The highest BCUT2D eigenvalue weighted by Crippen LogP contribution is 2.25. The van der Waals surface area contributed by atoms with Crippen LogP contribution in [0, 0.1) is 0 Å². The summed E-state index contributed by atoms with van der Waals surface area (Å²) in [4.78, 5) is 5.06. The largest absolute Gasteiger partial charge is 0.364 e. The number of hydrogen-bond acceptors (Lipinski definition) is 4. The van der Waals surface area contributed by atoms with E-state index in [0.717, 1.165) is 44.8 Å². The second-order valence-corrected chi connectivity index (χ2v) is 5.64. The molecule has 1 saturated heterocycles. The Hall–Kier alpha value is -1.65. The summed E-state index contributed by atoms with van der Waals surface area (Å²) >= 11 is 0. The number of aromatic nitrogens is 1. The lowest BCUT2D eigenvalue weighted by Crippen LogP contribution is -2.47. The molecule has 0 N–H and O–H groups in total. The van der Waals surface area contributed by atoms with Crippen molar-refractivity contribution >= 4 is 0 Å². The normalized spacial score (nSPS) is 18.7. The second kappa shape index (κ2) is 6.87. The summed E-state index contributed by atoms with van der Waals surface area (Å²) < 4.78 is 4.90. The minimum absolute atomic E-state index is 0.542. The van der Waals surface area contributed by atoms with Gasteiger partial charge in [0.25, 0.3) is 0 Å². The number of nitrogens with zero attached hydrogens (tertiary/aromatic N) is 3. The molecule has 1 fully saturated rings. The average molecular weight is 285 g/mol. The first-order chi connectivity index (χ1) is 10.4. The van der Waals surface area contributed by atoms with Gasteiger partial charge in [0.2, 0.25) is 0 Å². The average Bonchev–Trinajstić information content (AvgIpc) is 3.04. The van der Waals surface area contributed by atoms with E-state index in [1.54, 1.807) is 6.26 Å². The Balaban J connectivity index is 1.57. The van der Waals surface area contributed by atoms with Crippen molar-refractivity contribution in [2.75, 3.05) is 26.2 Å². The zero-order chi connectivity index (χ0) is 14.5. The molecular formula is C17H23N3O. The van der Waals surface area contributed by atoms with Gasteiger partial charge in [0.15, 0.2) is 0 Å². The summed E-state index contributed by atoms with van der Waals surface area (Å²) in [5, 5.41) is 4.00. The molecule has 0 saturated carbocycles. The molecule has 1 aromatic carbocycles. The second-order valence-electron chi connectivity index (χ2n) is 5.64. The summed E-state index contributed by atoms with van der Waals surface area (Å²) in [5.41, 5.74) is 2.46. The lowest BCUT2D eigenvalue weighted by Gasteiger charge is -2.39. The Kier molecular flexibility index (Phi) is 4.68. The van der Waals surface area contributed by atoms with Crippen LogP contribution in [0.2, 0.25) is 0 Å². The van der Waals surface area contributed by atoms with Crippen molar-refractivity contribution in [3.05, 3.63) is 53.9 Å². The van der Waals surface area contributed by atoms with Crippen LogP contribution in [0.4, 0.5) is 0 Å². The van der Waals surface area contributed by atoms with Gasteiger partial charge in [-0.25, -0.2) is 0 Å². The molecule has 1 atom stereocenters. The molecule has 0 spiro atoms. The monoisotopic (exact) mass is 285 g/mol. The topological polar surface area (TPSA) is 32.5 Å². The van der Waals surface area contributed by atoms with Gasteiger partial charge in [0, 0.05) is 44.8 Å². The molecule has 4 heteroatoms. The van der Waals surface area contributed by atoms with Crippen LogP contribution < -0.4 is 0 Å². The molecule has 4 nitrogen and oxygen atoms in total. The molecule has 1 aromatic heterocycles. The molecule has 0 amide bonds. The molecule has 21 heavy (non-hydrogen) atoms. The van der Waals surface area contributed by atoms with E-state index >= 15 is 0 Å². The highest BCUT2D eigenvalue weighted by Gasteiger charge is 2.24. The highest BCUT2D eigenvalue weighted by molar-refractivity contribution is 5.19. The van der Waals surface area contributed by atoms with Crippen molar-refractivity contribution in [2.45, 2.75) is 25.9 Å². The SMILES string of the molecule is CC[C@H](c1ccccc1)N1CCN(Cc2ccon2)CC1. The van der Waals surface area contributed by atoms with E-state index in [9.17, 15) is 0 Å². The molecule has 112 valence electrons. The lowest BCUT2D eigenvalue weighted by molar-refractivity contribution is 0.0883. The van der Waals surface area contributed by atoms with E-state index < -0.39 is 0 Å². The first-order valence-corrected chi connectivity index (χ1v) is 7.77. The fraction of sp³-hybridized carbons (Fsp3) is 0.471. The van der Waals surface area contributed by atoms with Crippen LogP contribution >= 0.6 is 0 Å². The number of piperazine rings is 1. The quantitative estimate of drug-likeness (QED) is 0.845. The third-order valence-corrected chi connectivity index (χ3v) is 4.30. The van der Waals surface area contributed by atoms with Gasteiger partial charge in [-0.05, 0) is 12.0 Å². The van der Waals surface area contributed by atoms with E-state index in [0.29, 0.717) is 6.04 Å². The summed E-state index contributed by atoms with van der Waals surface area (Å²) in [6, 6.07) is 13.3. The van der Waals surface area contributed by atoms with Crippen LogP contribution in [-0.2, 0) is 6.54 Å². The minimum atomic E-state index is 0.542. The van der Waals surface area contributed by atoms with Gasteiger partial charge in [0.1, 0.15) is 6.26 Å². The molecule has 2 aromatic rings. The first kappa shape index (κ1) is 14.3.